The molecule has 1 amide bonds. The van der Waals surface area contributed by atoms with Crippen LogP contribution >= 0.6 is 22.9 Å². The fourth-order valence-electron chi connectivity index (χ4n) is 3.57. The van der Waals surface area contributed by atoms with Gasteiger partial charge in [0.1, 0.15) is 4.88 Å². The van der Waals surface area contributed by atoms with Crippen LogP contribution in [0.25, 0.3) is 21.1 Å². The maximum atomic E-state index is 12.6. The van der Waals surface area contributed by atoms with Gasteiger partial charge >= 0.3 is 0 Å². The van der Waals surface area contributed by atoms with Crippen molar-refractivity contribution < 1.29 is 17.9 Å². The Hall–Kier alpha value is -3.09. The van der Waals surface area contributed by atoms with E-state index in [0.29, 0.717) is 22.5 Å². The number of halogens is 1. The number of ether oxygens (including phenoxy) is 1. The molecule has 0 unspecified atom stereocenters. The number of thiophene rings is 1. The van der Waals surface area contributed by atoms with E-state index >= 15 is 0 Å². The number of nitrogens with zero attached hydrogens (tertiary/aromatic N) is 4. The summed E-state index contributed by atoms with van der Waals surface area (Å²) in [6.07, 6.45) is 2.54. The van der Waals surface area contributed by atoms with E-state index in [0.717, 1.165) is 22.0 Å². The van der Waals surface area contributed by atoms with Crippen molar-refractivity contribution in [3.63, 3.8) is 0 Å². The van der Waals surface area contributed by atoms with E-state index in [9.17, 15) is 13.2 Å². The summed E-state index contributed by atoms with van der Waals surface area (Å²) in [5.41, 5.74) is 2.16. The monoisotopic (exact) mass is 504 g/mol. The first-order valence-corrected chi connectivity index (χ1v) is 13.1. The van der Waals surface area contributed by atoms with Crippen LogP contribution in [0.4, 0.5) is 5.69 Å². The minimum absolute atomic E-state index is 0.000450. The largest absolute Gasteiger partial charge is 0.419 e. The van der Waals surface area contributed by atoms with E-state index in [1.165, 1.54) is 23.6 Å². The van der Waals surface area contributed by atoms with Gasteiger partial charge in [-0.3, -0.25) is 4.79 Å². The average Bonchev–Trinajstić information content (AvgIpc) is 3.03. The molecule has 0 saturated heterocycles. The number of anilines is 1. The maximum Gasteiger partial charge on any atom is 0.263 e. The van der Waals surface area contributed by atoms with Crippen LogP contribution in [0, 0.1) is 0 Å². The molecule has 0 radical (unpaired) electrons. The van der Waals surface area contributed by atoms with Gasteiger partial charge in [-0.1, -0.05) is 0 Å². The molecule has 33 heavy (non-hydrogen) atoms. The molecule has 4 aromatic rings. The van der Waals surface area contributed by atoms with Gasteiger partial charge in [0.2, 0.25) is 17.0 Å². The van der Waals surface area contributed by atoms with Crippen LogP contribution in [0.3, 0.4) is 0 Å². The van der Waals surface area contributed by atoms with Crippen molar-refractivity contribution in [1.29, 1.82) is 0 Å². The second-order valence-corrected chi connectivity index (χ2v) is 11.2. The Labute approximate surface area is 197 Å². The molecule has 2 N–H and O–H groups in total. The van der Waals surface area contributed by atoms with Crippen LogP contribution < -0.4 is 15.4 Å². The molecule has 0 aliphatic carbocycles. The standard InChI is InChI=1S/C20H17ClN6O4S2/c1-9-6-22-17-15-12(32-18(17)19(28)24-9)4-3-11-16(15)23-7-14(26-11)31-13-5-10(8-33(2,29)30)25-20(21)27-13/h3-5,7,9,22H,6,8H2,1-2H3,(H,24,28)/t9-/m1/s1. The maximum absolute atomic E-state index is 12.6. The normalized spacial score (nSPS) is 16.2. The Morgan fingerprint density at radius 1 is 1.24 bits per heavy atom. The summed E-state index contributed by atoms with van der Waals surface area (Å²) in [7, 11) is -3.31. The molecule has 1 atom stereocenters. The van der Waals surface area contributed by atoms with Crippen LogP contribution in [0.15, 0.2) is 24.4 Å². The summed E-state index contributed by atoms with van der Waals surface area (Å²) in [5.74, 6) is -0.201. The molecule has 170 valence electrons. The number of hydrogen-bond donors (Lipinski definition) is 2. The first-order valence-electron chi connectivity index (χ1n) is 9.82. The molecular formula is C20H17ClN6O4S2. The van der Waals surface area contributed by atoms with Gasteiger partial charge < -0.3 is 15.4 Å². The molecule has 1 aromatic carbocycles. The number of amides is 1. The van der Waals surface area contributed by atoms with Crippen molar-refractivity contribution >= 4 is 65.5 Å². The van der Waals surface area contributed by atoms with Crippen molar-refractivity contribution in [2.45, 2.75) is 18.7 Å². The fourth-order valence-corrected chi connectivity index (χ4v) is 5.53. The van der Waals surface area contributed by atoms with E-state index < -0.39 is 9.84 Å². The molecule has 4 heterocycles. The lowest BCUT2D eigenvalue weighted by Gasteiger charge is -2.10. The number of rotatable bonds is 4. The van der Waals surface area contributed by atoms with Crippen LogP contribution in [0.5, 0.6) is 11.8 Å². The van der Waals surface area contributed by atoms with Crippen molar-refractivity contribution in [2.24, 2.45) is 0 Å². The lowest BCUT2D eigenvalue weighted by molar-refractivity contribution is 0.0949. The Bertz CT molecular complexity index is 1540. The molecule has 0 bridgehead atoms. The number of sulfone groups is 1. The molecule has 1 aliphatic rings. The van der Waals surface area contributed by atoms with Gasteiger partial charge in [-0.25, -0.2) is 23.4 Å². The summed E-state index contributed by atoms with van der Waals surface area (Å²) in [6.45, 7) is 2.53. The van der Waals surface area contributed by atoms with Crippen LogP contribution in [-0.2, 0) is 15.6 Å². The van der Waals surface area contributed by atoms with Crippen LogP contribution in [0.2, 0.25) is 5.28 Å². The highest BCUT2D eigenvalue weighted by molar-refractivity contribution is 7.89. The summed E-state index contributed by atoms with van der Waals surface area (Å²) in [5, 5.41) is 7.00. The summed E-state index contributed by atoms with van der Waals surface area (Å²) < 4.78 is 29.8. The zero-order valence-corrected chi connectivity index (χ0v) is 19.8. The smallest absolute Gasteiger partial charge is 0.263 e. The van der Waals surface area contributed by atoms with E-state index in [2.05, 4.69) is 30.6 Å². The number of nitrogens with one attached hydrogen (secondary N) is 2. The number of carbonyl (C=O) groups is 1. The van der Waals surface area contributed by atoms with Crippen LogP contribution in [0.1, 0.15) is 22.3 Å². The topological polar surface area (TPSA) is 136 Å². The molecular weight excluding hydrogens is 488 g/mol. The van der Waals surface area contributed by atoms with Crippen molar-refractivity contribution in [2.75, 3.05) is 18.1 Å². The fraction of sp³-hybridized carbons (Fsp3) is 0.250. The summed E-state index contributed by atoms with van der Waals surface area (Å²) in [4.78, 5) is 30.1. The highest BCUT2D eigenvalue weighted by Gasteiger charge is 2.25. The zero-order chi connectivity index (χ0) is 23.3. The van der Waals surface area contributed by atoms with Gasteiger partial charge in [0, 0.05) is 35.0 Å². The number of hydrogen-bond acceptors (Lipinski definition) is 10. The third-order valence-corrected chi connectivity index (χ3v) is 7.00. The second kappa shape index (κ2) is 8.04. The highest BCUT2D eigenvalue weighted by atomic mass is 35.5. The molecule has 0 spiro atoms. The third-order valence-electron chi connectivity index (χ3n) is 4.86. The Balaban J connectivity index is 1.54. The molecule has 3 aromatic heterocycles. The lowest BCUT2D eigenvalue weighted by atomic mass is 10.1. The van der Waals surface area contributed by atoms with Gasteiger partial charge in [-0.05, 0) is 30.7 Å². The molecule has 1 aliphatic heterocycles. The predicted molar refractivity (Wildman–Crippen MR) is 126 cm³/mol. The first kappa shape index (κ1) is 21.7. The molecule has 13 heteroatoms. The Kier molecular flexibility index (Phi) is 5.30. The van der Waals surface area contributed by atoms with E-state index in [-0.39, 0.29) is 40.4 Å². The molecule has 10 nitrogen and oxygen atoms in total. The summed E-state index contributed by atoms with van der Waals surface area (Å²) >= 11 is 7.32. The van der Waals surface area contributed by atoms with Gasteiger partial charge in [-0.2, -0.15) is 4.98 Å². The third kappa shape index (κ3) is 4.41. The van der Waals surface area contributed by atoms with Crippen molar-refractivity contribution in [1.82, 2.24) is 25.3 Å². The molecule has 5 rings (SSSR count). The highest BCUT2D eigenvalue weighted by Crippen LogP contribution is 2.40. The Morgan fingerprint density at radius 3 is 2.85 bits per heavy atom. The minimum atomic E-state index is -3.31. The molecule has 0 fully saturated rings. The summed E-state index contributed by atoms with van der Waals surface area (Å²) in [6, 6.07) is 5.08. The first-order chi connectivity index (χ1) is 15.7. The number of benzene rings is 1. The van der Waals surface area contributed by atoms with Gasteiger partial charge in [0.05, 0.1) is 34.4 Å². The number of carbonyl (C=O) groups excluding carboxylic acids is 1. The zero-order valence-electron chi connectivity index (χ0n) is 17.4. The van der Waals surface area contributed by atoms with E-state index in [4.69, 9.17) is 16.3 Å². The SMILES string of the molecule is C[C@@H]1CNc2c(sc3ccc4nc(Oc5cc(CS(C)(=O)=O)nc(Cl)n5)cnc4c23)C(=O)N1. The van der Waals surface area contributed by atoms with Crippen molar-refractivity contribution in [3.8, 4) is 11.8 Å². The second-order valence-electron chi connectivity index (χ2n) is 7.71. The van der Waals surface area contributed by atoms with Crippen molar-refractivity contribution in [3.05, 3.63) is 40.3 Å². The minimum Gasteiger partial charge on any atom is -0.419 e. The van der Waals surface area contributed by atoms with E-state index in [1.54, 1.807) is 6.07 Å². The van der Waals surface area contributed by atoms with Gasteiger partial charge in [-0.15, -0.1) is 11.3 Å². The average molecular weight is 505 g/mol. The number of aromatic nitrogens is 4. The van der Waals surface area contributed by atoms with Crippen LogP contribution in [-0.4, -0.2) is 53.1 Å². The Morgan fingerprint density at radius 2 is 2.06 bits per heavy atom. The van der Waals surface area contributed by atoms with Gasteiger partial charge in [0.25, 0.3) is 5.91 Å². The number of fused-ring (bicyclic) bond motifs is 5. The quantitative estimate of drug-likeness (QED) is 0.401. The molecule has 0 saturated carbocycles. The predicted octanol–water partition coefficient (Wildman–Crippen LogP) is 3.17. The van der Waals surface area contributed by atoms with E-state index in [1.807, 2.05) is 13.0 Å². The lowest BCUT2D eigenvalue weighted by Crippen LogP contribution is -2.34. The van der Waals surface area contributed by atoms with Gasteiger partial charge in [0.15, 0.2) is 9.84 Å².